The Morgan fingerprint density at radius 2 is 0.574 bits per heavy atom. The highest BCUT2D eigenvalue weighted by Crippen LogP contribution is 2.41. The number of rotatable bonds is 5. The number of hydrogen-bond donors (Lipinski definition) is 0. The van der Waals surface area contributed by atoms with Gasteiger partial charge in [-0.3, -0.25) is 0 Å². The number of fused-ring (bicyclic) bond motifs is 9. The molecule has 0 saturated heterocycles. The maximum Gasteiger partial charge on any atom is 0.0992 e. The minimum Gasteiger partial charge on any atom is -0.309 e. The van der Waals surface area contributed by atoms with E-state index in [0.29, 0.717) is 11.1 Å². The molecule has 0 unspecified atom stereocenters. The highest BCUT2D eigenvalue weighted by molar-refractivity contribution is 6.14. The first kappa shape index (κ1) is 34.4. The van der Waals surface area contributed by atoms with Crippen LogP contribution in [-0.2, 0) is 0 Å². The summed E-state index contributed by atoms with van der Waals surface area (Å²) in [6.45, 7) is 0. The van der Waals surface area contributed by atoms with E-state index in [2.05, 4.69) is 208 Å². The second-order valence-corrected chi connectivity index (χ2v) is 15.6. The molecule has 61 heavy (non-hydrogen) atoms. The van der Waals surface area contributed by atoms with Gasteiger partial charge in [0.05, 0.1) is 56.4 Å². The Hall–Kier alpha value is -8.64. The summed E-state index contributed by atoms with van der Waals surface area (Å²) in [5.74, 6) is 0. The third-order valence-corrected chi connectivity index (χ3v) is 12.2. The molecule has 0 bridgehead atoms. The molecular weight excluding hydrogens is 743 g/mol. The molecule has 12 aromatic rings. The second kappa shape index (κ2) is 13.5. The molecule has 0 aliphatic heterocycles. The molecule has 9 aromatic carbocycles. The summed E-state index contributed by atoms with van der Waals surface area (Å²) in [5, 5.41) is 26.9. The largest absolute Gasteiger partial charge is 0.309 e. The summed E-state index contributed by atoms with van der Waals surface area (Å²) in [6.07, 6.45) is 0. The molecule has 0 fully saturated rings. The Morgan fingerprint density at radius 1 is 0.262 bits per heavy atom. The van der Waals surface area contributed by atoms with Gasteiger partial charge in [0.2, 0.25) is 0 Å². The van der Waals surface area contributed by atoms with Crippen LogP contribution in [0.3, 0.4) is 0 Å². The average Bonchev–Trinajstić information content (AvgIpc) is 3.96. The predicted octanol–water partition coefficient (Wildman–Crippen LogP) is 14.1. The minimum atomic E-state index is 0.447. The van der Waals surface area contributed by atoms with E-state index >= 15 is 0 Å². The van der Waals surface area contributed by atoms with Gasteiger partial charge in [-0.05, 0) is 125 Å². The van der Waals surface area contributed by atoms with Crippen molar-refractivity contribution in [2.75, 3.05) is 0 Å². The molecule has 0 aliphatic rings. The van der Waals surface area contributed by atoms with Crippen LogP contribution in [0.2, 0.25) is 0 Å². The van der Waals surface area contributed by atoms with Gasteiger partial charge >= 0.3 is 0 Å². The summed E-state index contributed by atoms with van der Waals surface area (Å²) >= 11 is 0. The topological polar surface area (TPSA) is 62.4 Å². The smallest absolute Gasteiger partial charge is 0.0992 e. The van der Waals surface area contributed by atoms with Crippen molar-refractivity contribution < 1.29 is 0 Å². The zero-order valence-electron chi connectivity index (χ0n) is 32.8. The molecule has 0 amide bonds. The Balaban J connectivity index is 1.07. The fourth-order valence-corrected chi connectivity index (χ4v) is 9.55. The first-order valence-electron chi connectivity index (χ1n) is 20.4. The lowest BCUT2D eigenvalue weighted by molar-refractivity contribution is 1.17. The predicted molar refractivity (Wildman–Crippen MR) is 250 cm³/mol. The van der Waals surface area contributed by atoms with Gasteiger partial charge in [0.15, 0.2) is 0 Å². The van der Waals surface area contributed by atoms with E-state index in [1.807, 2.05) is 12.1 Å². The van der Waals surface area contributed by atoms with Crippen molar-refractivity contribution in [2.24, 2.45) is 0 Å². The van der Waals surface area contributed by atoms with Gasteiger partial charge in [-0.2, -0.15) is 10.5 Å². The molecule has 3 aromatic heterocycles. The molecule has 0 atom stereocenters. The average molecular weight is 776 g/mol. The number of para-hydroxylation sites is 4. The quantitative estimate of drug-likeness (QED) is 0.175. The van der Waals surface area contributed by atoms with E-state index in [9.17, 15) is 10.5 Å². The SMILES string of the molecule is N#Cc1cc(C#N)cc(-n2c3ccc(-c4ccc5c(c4)c4ccccc4n5-c4ccccc4)cc3c3cc(-c4ccc5c(c4)c4ccccc4n5-c4ccccc4)ccc32)c1. The van der Waals surface area contributed by atoms with Crippen LogP contribution in [0.1, 0.15) is 11.1 Å². The fourth-order valence-electron chi connectivity index (χ4n) is 9.55. The van der Waals surface area contributed by atoms with Crippen molar-refractivity contribution in [1.29, 1.82) is 10.5 Å². The lowest BCUT2D eigenvalue weighted by atomic mass is 9.98. The normalized spacial score (nSPS) is 11.6. The molecule has 5 heteroatoms. The van der Waals surface area contributed by atoms with E-state index in [1.165, 1.54) is 32.6 Å². The molecule has 12 rings (SSSR count). The third kappa shape index (κ3) is 5.32. The molecule has 0 spiro atoms. The van der Waals surface area contributed by atoms with Gasteiger partial charge in [-0.15, -0.1) is 0 Å². The Labute approximate surface area is 351 Å². The standard InChI is InChI=1S/C56H33N5/c57-34-36-27-37(35-58)29-44(28-36)61-55-25-21-40(38-19-23-53-47(30-38)45-15-7-9-17-51(45)59(53)42-11-3-1-4-12-42)32-49(55)50-33-41(22-26-56(50)61)39-20-24-54-48(31-39)46-16-8-10-18-52(46)60(54)43-13-5-2-6-14-43/h1-33H. The summed E-state index contributed by atoms with van der Waals surface area (Å²) in [7, 11) is 0. The van der Waals surface area contributed by atoms with Crippen LogP contribution < -0.4 is 0 Å². The van der Waals surface area contributed by atoms with Crippen molar-refractivity contribution in [2.45, 2.75) is 0 Å². The number of nitrogens with zero attached hydrogens (tertiary/aromatic N) is 5. The summed E-state index contributed by atoms with van der Waals surface area (Å²) in [6, 6.07) is 75.1. The fraction of sp³-hybridized carbons (Fsp3) is 0. The van der Waals surface area contributed by atoms with E-state index < -0.39 is 0 Å². The van der Waals surface area contributed by atoms with Gasteiger partial charge in [0, 0.05) is 49.4 Å². The molecular formula is C56H33N5. The number of hydrogen-bond acceptors (Lipinski definition) is 2. The first-order valence-corrected chi connectivity index (χ1v) is 20.4. The molecule has 0 N–H and O–H groups in total. The van der Waals surface area contributed by atoms with E-state index in [1.54, 1.807) is 6.07 Å². The third-order valence-electron chi connectivity index (χ3n) is 12.2. The maximum absolute atomic E-state index is 9.97. The van der Waals surface area contributed by atoms with Crippen LogP contribution in [0, 0.1) is 22.7 Å². The molecule has 5 nitrogen and oxygen atoms in total. The number of nitriles is 2. The van der Waals surface area contributed by atoms with Gasteiger partial charge in [-0.25, -0.2) is 0 Å². The van der Waals surface area contributed by atoms with Crippen LogP contribution in [0.4, 0.5) is 0 Å². The van der Waals surface area contributed by atoms with Crippen molar-refractivity contribution >= 4 is 65.4 Å². The van der Waals surface area contributed by atoms with Crippen LogP contribution in [-0.4, -0.2) is 13.7 Å². The zero-order valence-corrected chi connectivity index (χ0v) is 32.8. The number of benzene rings is 9. The van der Waals surface area contributed by atoms with Crippen molar-refractivity contribution in [3.05, 3.63) is 211 Å². The Morgan fingerprint density at radius 3 is 0.951 bits per heavy atom. The summed E-state index contributed by atoms with van der Waals surface area (Å²) in [4.78, 5) is 0. The zero-order chi connectivity index (χ0) is 40.6. The van der Waals surface area contributed by atoms with Crippen molar-refractivity contribution in [3.63, 3.8) is 0 Å². The van der Waals surface area contributed by atoms with Gasteiger partial charge in [-0.1, -0.05) is 97.1 Å². The molecule has 0 saturated carbocycles. The summed E-state index contributed by atoms with van der Waals surface area (Å²) in [5.41, 5.74) is 15.1. The van der Waals surface area contributed by atoms with Crippen LogP contribution >= 0.6 is 0 Å². The monoisotopic (exact) mass is 775 g/mol. The summed E-state index contributed by atoms with van der Waals surface area (Å²) < 4.78 is 6.87. The molecule has 282 valence electrons. The second-order valence-electron chi connectivity index (χ2n) is 15.6. The lowest BCUT2D eigenvalue weighted by Gasteiger charge is -2.10. The minimum absolute atomic E-state index is 0.447. The lowest BCUT2D eigenvalue weighted by Crippen LogP contribution is -1.96. The van der Waals surface area contributed by atoms with Crippen LogP contribution in [0.15, 0.2) is 200 Å². The Kier molecular flexibility index (Phi) is 7.59. The van der Waals surface area contributed by atoms with Crippen LogP contribution in [0.5, 0.6) is 0 Å². The van der Waals surface area contributed by atoms with Gasteiger partial charge in [0.25, 0.3) is 0 Å². The van der Waals surface area contributed by atoms with E-state index in [-0.39, 0.29) is 0 Å². The maximum atomic E-state index is 9.97. The van der Waals surface area contributed by atoms with Gasteiger partial charge < -0.3 is 13.7 Å². The first-order chi connectivity index (χ1) is 30.1. The molecule has 0 radical (unpaired) electrons. The van der Waals surface area contributed by atoms with Crippen LogP contribution in [0.25, 0.3) is 105 Å². The van der Waals surface area contributed by atoms with E-state index in [4.69, 9.17) is 0 Å². The molecule has 0 aliphatic carbocycles. The van der Waals surface area contributed by atoms with Crippen molar-refractivity contribution in [1.82, 2.24) is 13.7 Å². The molecule has 3 heterocycles. The highest BCUT2D eigenvalue weighted by Gasteiger charge is 2.19. The number of aromatic nitrogens is 3. The van der Waals surface area contributed by atoms with E-state index in [0.717, 1.165) is 72.2 Å². The van der Waals surface area contributed by atoms with Gasteiger partial charge in [0.1, 0.15) is 0 Å². The van der Waals surface area contributed by atoms with Crippen molar-refractivity contribution in [3.8, 4) is 51.5 Å². The Bertz CT molecular complexity index is 3590. The highest BCUT2D eigenvalue weighted by atomic mass is 15.0.